The molecule has 0 unspecified atom stereocenters. The number of ether oxygens (including phenoxy) is 1. The molecular formula is C20H20ClIN4O2S. The van der Waals surface area contributed by atoms with Crippen LogP contribution in [-0.4, -0.2) is 26.4 Å². The molecule has 0 bridgehead atoms. The van der Waals surface area contributed by atoms with Crippen LogP contribution < -0.4 is 10.1 Å². The minimum Gasteiger partial charge on any atom is -0.484 e. The summed E-state index contributed by atoms with van der Waals surface area (Å²) >= 11 is 9.70. The van der Waals surface area contributed by atoms with E-state index in [4.69, 9.17) is 16.3 Å². The fourth-order valence-electron chi connectivity index (χ4n) is 2.71. The summed E-state index contributed by atoms with van der Waals surface area (Å²) in [5, 5.41) is 12.5. The molecule has 0 spiro atoms. The Bertz CT molecular complexity index is 1020. The zero-order valence-corrected chi connectivity index (χ0v) is 19.9. The number of thioether (sulfide) groups is 1. The number of carbonyl (C=O) groups is 1. The van der Waals surface area contributed by atoms with Crippen LogP contribution in [0.5, 0.6) is 5.75 Å². The Morgan fingerprint density at radius 1 is 1.24 bits per heavy atom. The maximum absolute atomic E-state index is 12.4. The van der Waals surface area contributed by atoms with Crippen LogP contribution in [0, 0.1) is 17.4 Å². The second kappa shape index (κ2) is 9.82. The van der Waals surface area contributed by atoms with Gasteiger partial charge in [0.2, 0.25) is 5.91 Å². The SMILES string of the molecule is Cc1cc(I)cc(C)c1NC(=O)CSc1nnc(COc2ccccc2Cl)n1C. The summed E-state index contributed by atoms with van der Waals surface area (Å²) in [4.78, 5) is 12.4. The topological polar surface area (TPSA) is 69.0 Å². The number of para-hydroxylation sites is 1. The maximum atomic E-state index is 12.4. The van der Waals surface area contributed by atoms with E-state index in [1.807, 2.05) is 49.7 Å². The fourth-order valence-corrected chi connectivity index (χ4v) is 4.57. The molecule has 6 nitrogen and oxygen atoms in total. The molecule has 0 fully saturated rings. The average molecular weight is 543 g/mol. The molecule has 3 rings (SSSR count). The van der Waals surface area contributed by atoms with Gasteiger partial charge in [0, 0.05) is 16.3 Å². The monoisotopic (exact) mass is 542 g/mol. The quantitative estimate of drug-likeness (QED) is 0.336. The molecule has 0 saturated carbocycles. The third-order valence-corrected chi connectivity index (χ3v) is 6.17. The van der Waals surface area contributed by atoms with Gasteiger partial charge in [0.25, 0.3) is 0 Å². The molecule has 3 aromatic rings. The minimum atomic E-state index is -0.0840. The molecule has 2 aromatic carbocycles. The van der Waals surface area contributed by atoms with Crippen molar-refractivity contribution in [3.8, 4) is 5.75 Å². The van der Waals surface area contributed by atoms with Gasteiger partial charge in [-0.25, -0.2) is 0 Å². The van der Waals surface area contributed by atoms with E-state index in [0.29, 0.717) is 21.8 Å². The Labute approximate surface area is 192 Å². The lowest BCUT2D eigenvalue weighted by atomic mass is 10.1. The van der Waals surface area contributed by atoms with E-state index < -0.39 is 0 Å². The van der Waals surface area contributed by atoms with Gasteiger partial charge in [-0.15, -0.1) is 10.2 Å². The lowest BCUT2D eigenvalue weighted by Crippen LogP contribution is -2.16. The highest BCUT2D eigenvalue weighted by molar-refractivity contribution is 14.1. The molecular weight excluding hydrogens is 523 g/mol. The highest BCUT2D eigenvalue weighted by Gasteiger charge is 2.14. The van der Waals surface area contributed by atoms with Crippen molar-refractivity contribution in [1.29, 1.82) is 0 Å². The molecule has 0 saturated heterocycles. The summed E-state index contributed by atoms with van der Waals surface area (Å²) < 4.78 is 8.68. The lowest BCUT2D eigenvalue weighted by Gasteiger charge is -2.12. The largest absolute Gasteiger partial charge is 0.484 e. The van der Waals surface area contributed by atoms with E-state index in [1.54, 1.807) is 12.1 Å². The number of aryl methyl sites for hydroxylation is 2. The number of hydrogen-bond acceptors (Lipinski definition) is 5. The number of nitrogens with one attached hydrogen (secondary N) is 1. The predicted octanol–water partition coefficient (Wildman–Crippen LogP) is 5.00. The number of rotatable bonds is 7. The number of carbonyl (C=O) groups excluding carboxylic acids is 1. The Morgan fingerprint density at radius 2 is 1.93 bits per heavy atom. The van der Waals surface area contributed by atoms with Crippen molar-refractivity contribution < 1.29 is 9.53 Å². The number of aromatic nitrogens is 3. The second-order valence-corrected chi connectivity index (χ2v) is 9.02. The zero-order valence-electron chi connectivity index (χ0n) is 16.2. The molecule has 0 aliphatic rings. The average Bonchev–Trinajstić information content (AvgIpc) is 3.02. The first-order valence-electron chi connectivity index (χ1n) is 8.80. The van der Waals surface area contributed by atoms with Gasteiger partial charge in [0.1, 0.15) is 12.4 Å². The standard InChI is InChI=1S/C20H20ClIN4O2S/c1-12-8-14(22)9-13(2)19(12)23-18(27)11-29-20-25-24-17(26(20)3)10-28-16-7-5-4-6-15(16)21/h4-9H,10-11H2,1-3H3,(H,23,27). The highest BCUT2D eigenvalue weighted by Crippen LogP contribution is 2.25. The Hall–Kier alpha value is -1.78. The molecule has 0 aliphatic carbocycles. The fraction of sp³-hybridized carbons (Fsp3) is 0.250. The Balaban J connectivity index is 1.57. The van der Waals surface area contributed by atoms with Crippen LogP contribution in [0.15, 0.2) is 41.6 Å². The Kier molecular flexibility index (Phi) is 7.42. The van der Waals surface area contributed by atoms with Crippen molar-refractivity contribution >= 4 is 57.5 Å². The van der Waals surface area contributed by atoms with E-state index in [9.17, 15) is 4.79 Å². The summed E-state index contributed by atoms with van der Waals surface area (Å²) in [6.45, 7) is 4.22. The smallest absolute Gasteiger partial charge is 0.234 e. The van der Waals surface area contributed by atoms with Gasteiger partial charge in [0.15, 0.2) is 11.0 Å². The Morgan fingerprint density at radius 3 is 2.62 bits per heavy atom. The van der Waals surface area contributed by atoms with E-state index >= 15 is 0 Å². The number of anilines is 1. The van der Waals surface area contributed by atoms with Crippen LogP contribution in [0.25, 0.3) is 0 Å². The summed E-state index contributed by atoms with van der Waals surface area (Å²) in [7, 11) is 1.85. The molecule has 152 valence electrons. The molecule has 29 heavy (non-hydrogen) atoms. The first-order valence-corrected chi connectivity index (χ1v) is 11.2. The van der Waals surface area contributed by atoms with Gasteiger partial charge >= 0.3 is 0 Å². The summed E-state index contributed by atoms with van der Waals surface area (Å²) in [6, 6.07) is 11.4. The van der Waals surface area contributed by atoms with Crippen LogP contribution in [-0.2, 0) is 18.4 Å². The van der Waals surface area contributed by atoms with Crippen LogP contribution in [0.4, 0.5) is 5.69 Å². The number of benzene rings is 2. The van der Waals surface area contributed by atoms with E-state index in [-0.39, 0.29) is 18.3 Å². The van der Waals surface area contributed by atoms with Gasteiger partial charge in [-0.3, -0.25) is 4.79 Å². The molecule has 1 amide bonds. The summed E-state index contributed by atoms with van der Waals surface area (Å²) in [5.41, 5.74) is 2.96. The normalized spacial score (nSPS) is 10.8. The van der Waals surface area contributed by atoms with Crippen molar-refractivity contribution in [2.24, 2.45) is 7.05 Å². The van der Waals surface area contributed by atoms with Crippen molar-refractivity contribution in [2.45, 2.75) is 25.6 Å². The number of halogens is 2. The second-order valence-electron chi connectivity index (χ2n) is 6.43. The van der Waals surface area contributed by atoms with Crippen LogP contribution >= 0.6 is 46.0 Å². The van der Waals surface area contributed by atoms with Gasteiger partial charge in [-0.05, 0) is 71.8 Å². The first kappa shape index (κ1) is 21.9. The predicted molar refractivity (Wildman–Crippen MR) is 125 cm³/mol. The van der Waals surface area contributed by atoms with Gasteiger partial charge in [0.05, 0.1) is 10.8 Å². The van der Waals surface area contributed by atoms with Crippen molar-refractivity contribution in [1.82, 2.24) is 14.8 Å². The van der Waals surface area contributed by atoms with E-state index in [1.165, 1.54) is 11.8 Å². The third kappa shape index (κ3) is 5.64. The molecule has 0 aliphatic heterocycles. The molecule has 0 radical (unpaired) electrons. The minimum absolute atomic E-state index is 0.0840. The van der Waals surface area contributed by atoms with Crippen LogP contribution in [0.3, 0.4) is 0 Å². The maximum Gasteiger partial charge on any atom is 0.234 e. The molecule has 0 atom stereocenters. The summed E-state index contributed by atoms with van der Waals surface area (Å²) in [6.07, 6.45) is 0. The number of hydrogen-bond donors (Lipinski definition) is 1. The van der Waals surface area contributed by atoms with Gasteiger partial charge in [-0.2, -0.15) is 0 Å². The third-order valence-electron chi connectivity index (χ3n) is 4.21. The number of nitrogens with zero attached hydrogens (tertiary/aromatic N) is 3. The van der Waals surface area contributed by atoms with Crippen molar-refractivity contribution in [2.75, 3.05) is 11.1 Å². The van der Waals surface area contributed by atoms with Crippen molar-refractivity contribution in [3.63, 3.8) is 0 Å². The number of amides is 1. The van der Waals surface area contributed by atoms with E-state index in [0.717, 1.165) is 20.4 Å². The van der Waals surface area contributed by atoms with Gasteiger partial charge in [-0.1, -0.05) is 35.5 Å². The van der Waals surface area contributed by atoms with Crippen LogP contribution in [0.2, 0.25) is 5.02 Å². The highest BCUT2D eigenvalue weighted by atomic mass is 127. The van der Waals surface area contributed by atoms with Gasteiger partial charge < -0.3 is 14.6 Å². The van der Waals surface area contributed by atoms with Crippen molar-refractivity contribution in [3.05, 3.63) is 61.9 Å². The zero-order chi connectivity index (χ0) is 21.0. The molecule has 1 N–H and O–H groups in total. The van der Waals surface area contributed by atoms with E-state index in [2.05, 4.69) is 38.1 Å². The first-order chi connectivity index (χ1) is 13.8. The van der Waals surface area contributed by atoms with Crippen LogP contribution in [0.1, 0.15) is 17.0 Å². The molecule has 9 heteroatoms. The lowest BCUT2D eigenvalue weighted by molar-refractivity contribution is -0.113. The molecule has 1 aromatic heterocycles. The molecule has 1 heterocycles. The summed E-state index contributed by atoms with van der Waals surface area (Å²) in [5.74, 6) is 1.40.